The van der Waals surface area contributed by atoms with Crippen LogP contribution in [0.3, 0.4) is 0 Å². The van der Waals surface area contributed by atoms with E-state index in [0.717, 1.165) is 19.3 Å². The quantitative estimate of drug-likeness (QED) is 0.577. The highest BCUT2D eigenvalue weighted by atomic mass is 16.6. The van der Waals surface area contributed by atoms with Gasteiger partial charge in [-0.25, -0.2) is 4.79 Å². The zero-order chi connectivity index (χ0) is 18.4. The Bertz CT molecular complexity index is 583. The van der Waals surface area contributed by atoms with Crippen LogP contribution in [0.2, 0.25) is 0 Å². The Morgan fingerprint density at radius 2 is 2.00 bits per heavy atom. The van der Waals surface area contributed by atoms with Gasteiger partial charge < -0.3 is 9.64 Å². The number of rotatable bonds is 5. The molecule has 2 rings (SSSR count). The Balaban J connectivity index is 2.03. The highest BCUT2D eigenvalue weighted by Gasteiger charge is 2.32. The maximum absolute atomic E-state index is 12.4. The number of carbonyl (C=O) groups is 1. The molecule has 1 aromatic rings. The topological polar surface area (TPSA) is 72.7 Å². The van der Waals surface area contributed by atoms with Gasteiger partial charge in [-0.05, 0) is 46.5 Å². The molecule has 6 heteroatoms. The molecule has 0 aliphatic carbocycles. The number of piperidine rings is 1. The minimum Gasteiger partial charge on any atom is -0.444 e. The van der Waals surface area contributed by atoms with Crippen LogP contribution < -0.4 is 0 Å². The summed E-state index contributed by atoms with van der Waals surface area (Å²) in [6, 6.07) is 8.35. The van der Waals surface area contributed by atoms with Crippen molar-refractivity contribution < 1.29 is 14.5 Å². The summed E-state index contributed by atoms with van der Waals surface area (Å²) in [7, 11) is 0. The highest BCUT2D eigenvalue weighted by molar-refractivity contribution is 5.68. The lowest BCUT2D eigenvalue weighted by molar-refractivity contribution is -0.530. The van der Waals surface area contributed by atoms with Gasteiger partial charge in [-0.2, -0.15) is 0 Å². The van der Waals surface area contributed by atoms with E-state index in [1.54, 1.807) is 17.0 Å². The molecule has 1 aromatic carbocycles. The molecule has 0 aromatic heterocycles. The van der Waals surface area contributed by atoms with Crippen LogP contribution in [0.25, 0.3) is 0 Å². The number of hydrogen-bond acceptors (Lipinski definition) is 4. The van der Waals surface area contributed by atoms with E-state index in [9.17, 15) is 14.9 Å². The third kappa shape index (κ3) is 5.73. The lowest BCUT2D eigenvalue weighted by Gasteiger charge is -2.37. The van der Waals surface area contributed by atoms with Crippen molar-refractivity contribution in [1.29, 1.82) is 0 Å². The van der Waals surface area contributed by atoms with Crippen molar-refractivity contribution in [3.63, 3.8) is 0 Å². The average molecular weight is 348 g/mol. The molecule has 0 saturated carbocycles. The maximum atomic E-state index is 12.4. The number of hydrogen-bond donors (Lipinski definition) is 0. The van der Waals surface area contributed by atoms with Gasteiger partial charge in [-0.15, -0.1) is 0 Å². The second-order valence-electron chi connectivity index (χ2n) is 7.61. The highest BCUT2D eigenvalue weighted by Crippen LogP contribution is 2.28. The predicted molar refractivity (Wildman–Crippen MR) is 96.0 cm³/mol. The van der Waals surface area contributed by atoms with Crippen LogP contribution in [0.4, 0.5) is 4.79 Å². The first kappa shape index (κ1) is 19.2. The smallest absolute Gasteiger partial charge is 0.410 e. The molecule has 1 amide bonds. The predicted octanol–water partition coefficient (Wildman–Crippen LogP) is 4.57. The molecule has 1 saturated heterocycles. The third-order valence-corrected chi connectivity index (χ3v) is 4.47. The molecular formula is C19H28N2O4. The summed E-state index contributed by atoms with van der Waals surface area (Å²) in [6.07, 6.45) is 3.58. The van der Waals surface area contributed by atoms with E-state index < -0.39 is 11.6 Å². The Labute approximate surface area is 149 Å². The van der Waals surface area contributed by atoms with E-state index in [1.165, 1.54) is 0 Å². The van der Waals surface area contributed by atoms with E-state index in [-0.39, 0.29) is 17.1 Å². The Morgan fingerprint density at radius 3 is 2.60 bits per heavy atom. The molecule has 0 bridgehead atoms. The van der Waals surface area contributed by atoms with E-state index in [2.05, 4.69) is 0 Å². The number of nitro groups is 1. The minimum atomic E-state index is -0.733. The molecule has 0 spiro atoms. The average Bonchev–Trinajstić information content (AvgIpc) is 2.54. The van der Waals surface area contributed by atoms with Gasteiger partial charge in [-0.3, -0.25) is 10.1 Å². The Kier molecular flexibility index (Phi) is 6.39. The second kappa shape index (κ2) is 8.32. The van der Waals surface area contributed by atoms with E-state index in [1.807, 2.05) is 39.0 Å². The first-order valence-corrected chi connectivity index (χ1v) is 8.96. The van der Waals surface area contributed by atoms with Gasteiger partial charge in [0, 0.05) is 29.5 Å². The molecule has 25 heavy (non-hydrogen) atoms. The largest absolute Gasteiger partial charge is 0.444 e. The molecule has 6 nitrogen and oxygen atoms in total. The van der Waals surface area contributed by atoms with Gasteiger partial charge in [-0.1, -0.05) is 30.3 Å². The summed E-state index contributed by atoms with van der Waals surface area (Å²) >= 11 is 0. The van der Waals surface area contributed by atoms with E-state index in [0.29, 0.717) is 24.9 Å². The summed E-state index contributed by atoms with van der Waals surface area (Å²) in [5.74, 6) is 0. The van der Waals surface area contributed by atoms with Crippen LogP contribution >= 0.6 is 0 Å². The SMILES string of the molecule is CC(C)(C)OC(=O)N1CCCCC1CCC(c1ccccc1)[N+](=O)[O-]. The fourth-order valence-corrected chi connectivity index (χ4v) is 3.28. The van der Waals surface area contributed by atoms with Crippen LogP contribution in [0.15, 0.2) is 30.3 Å². The second-order valence-corrected chi connectivity index (χ2v) is 7.61. The van der Waals surface area contributed by atoms with Gasteiger partial charge in [0.15, 0.2) is 0 Å². The van der Waals surface area contributed by atoms with E-state index in [4.69, 9.17) is 4.74 Å². The van der Waals surface area contributed by atoms with Crippen molar-refractivity contribution in [1.82, 2.24) is 4.90 Å². The summed E-state index contributed by atoms with van der Waals surface area (Å²) in [6.45, 7) is 6.21. The van der Waals surface area contributed by atoms with Crippen molar-refractivity contribution in [2.75, 3.05) is 6.54 Å². The van der Waals surface area contributed by atoms with Gasteiger partial charge in [0.2, 0.25) is 6.04 Å². The molecule has 2 atom stereocenters. The zero-order valence-electron chi connectivity index (χ0n) is 15.3. The fourth-order valence-electron chi connectivity index (χ4n) is 3.28. The number of ether oxygens (including phenoxy) is 1. The molecule has 1 aliphatic rings. The molecule has 1 fully saturated rings. The molecule has 1 aliphatic heterocycles. The lowest BCUT2D eigenvalue weighted by Crippen LogP contribution is -2.46. The van der Waals surface area contributed by atoms with Crippen molar-refractivity contribution in [2.45, 2.75) is 70.6 Å². The molecule has 1 heterocycles. The van der Waals surface area contributed by atoms with Gasteiger partial charge in [0.1, 0.15) is 5.60 Å². The number of amides is 1. The molecule has 0 N–H and O–H groups in total. The number of nitrogens with zero attached hydrogens (tertiary/aromatic N) is 2. The molecule has 0 radical (unpaired) electrons. The van der Waals surface area contributed by atoms with Crippen LogP contribution in [0.5, 0.6) is 0 Å². The van der Waals surface area contributed by atoms with E-state index >= 15 is 0 Å². The number of benzene rings is 1. The summed E-state index contributed by atoms with van der Waals surface area (Å²) < 4.78 is 5.50. The minimum absolute atomic E-state index is 0.00904. The van der Waals surface area contributed by atoms with Crippen molar-refractivity contribution in [2.24, 2.45) is 0 Å². The third-order valence-electron chi connectivity index (χ3n) is 4.47. The standard InChI is InChI=1S/C19H28N2O4/c1-19(2,3)25-18(22)20-14-8-7-11-16(20)12-13-17(21(23)24)15-9-5-4-6-10-15/h4-6,9-10,16-17H,7-8,11-14H2,1-3H3. The van der Waals surface area contributed by atoms with Crippen LogP contribution in [0.1, 0.15) is 64.5 Å². The van der Waals surface area contributed by atoms with Crippen molar-refractivity contribution in [3.05, 3.63) is 46.0 Å². The monoisotopic (exact) mass is 348 g/mol. The van der Waals surface area contributed by atoms with Crippen molar-refractivity contribution in [3.8, 4) is 0 Å². The van der Waals surface area contributed by atoms with Crippen LogP contribution in [-0.4, -0.2) is 34.1 Å². The molecule has 138 valence electrons. The van der Waals surface area contributed by atoms with Gasteiger partial charge in [0.25, 0.3) is 0 Å². The fraction of sp³-hybridized carbons (Fsp3) is 0.632. The first-order chi connectivity index (χ1) is 11.8. The maximum Gasteiger partial charge on any atom is 0.410 e. The number of carbonyl (C=O) groups excluding carboxylic acids is 1. The van der Waals surface area contributed by atoms with Crippen LogP contribution in [-0.2, 0) is 4.74 Å². The van der Waals surface area contributed by atoms with Gasteiger partial charge in [0.05, 0.1) is 0 Å². The normalized spacial score (nSPS) is 19.3. The zero-order valence-corrected chi connectivity index (χ0v) is 15.3. The Hall–Kier alpha value is -2.11. The molecular weight excluding hydrogens is 320 g/mol. The van der Waals surface area contributed by atoms with Crippen LogP contribution in [0, 0.1) is 10.1 Å². The Morgan fingerprint density at radius 1 is 1.32 bits per heavy atom. The van der Waals surface area contributed by atoms with Gasteiger partial charge >= 0.3 is 6.09 Å². The lowest BCUT2D eigenvalue weighted by atomic mass is 9.94. The summed E-state index contributed by atoms with van der Waals surface area (Å²) in [5.41, 5.74) is 0.180. The first-order valence-electron chi connectivity index (χ1n) is 8.96. The summed E-state index contributed by atoms with van der Waals surface area (Å²) in [5, 5.41) is 11.5. The molecule has 2 unspecified atom stereocenters. The summed E-state index contributed by atoms with van der Waals surface area (Å²) in [4.78, 5) is 25.5. The number of likely N-dealkylation sites (tertiary alicyclic amines) is 1. The van der Waals surface area contributed by atoms with Crippen molar-refractivity contribution >= 4 is 6.09 Å².